The number of pyridine rings is 1. The van der Waals surface area contributed by atoms with Gasteiger partial charge in [-0.15, -0.1) is 0 Å². The normalized spacial score (nSPS) is 17.3. The van der Waals surface area contributed by atoms with Crippen LogP contribution in [0.4, 0.5) is 5.69 Å². The molecule has 3 N–H and O–H groups in total. The van der Waals surface area contributed by atoms with Crippen molar-refractivity contribution >= 4 is 35.0 Å². The molecule has 3 rings (SSSR count). The van der Waals surface area contributed by atoms with Gasteiger partial charge in [-0.1, -0.05) is 41.6 Å². The first-order valence-electron chi connectivity index (χ1n) is 7.35. The number of thioether (sulfide) groups is 1. The summed E-state index contributed by atoms with van der Waals surface area (Å²) < 4.78 is 0. The van der Waals surface area contributed by atoms with E-state index in [1.165, 1.54) is 11.8 Å². The molecule has 0 fully saturated rings. The molecule has 0 saturated carbocycles. The number of carbonyl (C=O) groups excluding carboxylic acids is 1. The van der Waals surface area contributed by atoms with Crippen LogP contribution < -0.4 is 11.1 Å². The molecule has 0 radical (unpaired) electrons. The summed E-state index contributed by atoms with van der Waals surface area (Å²) in [5, 5.41) is 3.24. The van der Waals surface area contributed by atoms with Gasteiger partial charge in [-0.3, -0.25) is 9.78 Å². The summed E-state index contributed by atoms with van der Waals surface area (Å²) in [6.45, 7) is 1.89. The van der Waals surface area contributed by atoms with Gasteiger partial charge in [-0.05, 0) is 30.7 Å². The number of hydrogen-bond acceptors (Lipinski definition) is 5. The largest absolute Gasteiger partial charge is 0.384 e. The molecule has 1 atom stereocenters. The average molecular weight is 361 g/mol. The highest BCUT2D eigenvalue weighted by atomic mass is 35.5. The van der Waals surface area contributed by atoms with Crippen LogP contribution in [0.1, 0.15) is 16.6 Å². The van der Waals surface area contributed by atoms with E-state index in [4.69, 9.17) is 17.3 Å². The van der Waals surface area contributed by atoms with E-state index in [0.717, 1.165) is 11.3 Å². The van der Waals surface area contributed by atoms with Gasteiger partial charge in [-0.25, -0.2) is 0 Å². The Kier molecular flexibility index (Phi) is 4.69. The number of hydrogen-bond donors (Lipinski definition) is 2. The Labute approximate surface area is 149 Å². The smallest absolute Gasteiger partial charge is 0.265 e. The van der Waals surface area contributed by atoms with Gasteiger partial charge in [0, 0.05) is 13.2 Å². The predicted octanol–water partition coefficient (Wildman–Crippen LogP) is 3.49. The molecule has 0 aliphatic carbocycles. The van der Waals surface area contributed by atoms with Crippen molar-refractivity contribution in [1.82, 2.24) is 9.88 Å². The van der Waals surface area contributed by atoms with Gasteiger partial charge in [0.05, 0.1) is 16.4 Å². The molecule has 124 valence electrons. The van der Waals surface area contributed by atoms with E-state index in [1.807, 2.05) is 49.2 Å². The number of anilines is 1. The topological polar surface area (TPSA) is 71.2 Å². The molecule has 2 heterocycles. The van der Waals surface area contributed by atoms with Crippen LogP contribution in [0.2, 0.25) is 5.02 Å². The lowest BCUT2D eigenvalue weighted by molar-refractivity contribution is -0.112. The second-order valence-corrected chi connectivity index (χ2v) is 6.93. The van der Waals surface area contributed by atoms with E-state index in [1.54, 1.807) is 12.3 Å². The van der Waals surface area contributed by atoms with E-state index in [-0.39, 0.29) is 11.3 Å². The Morgan fingerprint density at radius 1 is 1.33 bits per heavy atom. The minimum absolute atomic E-state index is 0.126. The Hall–Kier alpha value is -2.18. The van der Waals surface area contributed by atoms with Gasteiger partial charge in [0.15, 0.2) is 0 Å². The summed E-state index contributed by atoms with van der Waals surface area (Å²) in [5.41, 5.74) is 8.50. The first kappa shape index (κ1) is 16.7. The molecule has 0 saturated heterocycles. The third-order valence-electron chi connectivity index (χ3n) is 3.80. The predicted molar refractivity (Wildman–Crippen MR) is 98.4 cm³/mol. The highest BCUT2D eigenvalue weighted by Crippen LogP contribution is 2.44. The number of aryl methyl sites for hydroxylation is 1. The Morgan fingerprint density at radius 3 is 2.79 bits per heavy atom. The quantitative estimate of drug-likeness (QED) is 0.876. The van der Waals surface area contributed by atoms with Gasteiger partial charge in [0.25, 0.3) is 5.91 Å². The molecular formula is C17H17ClN4OS. The van der Waals surface area contributed by atoms with Crippen molar-refractivity contribution in [3.05, 3.63) is 69.6 Å². The fourth-order valence-corrected chi connectivity index (χ4v) is 3.90. The number of nitrogens with one attached hydrogen (secondary N) is 1. The fourth-order valence-electron chi connectivity index (χ4n) is 2.45. The minimum atomic E-state index is -0.265. The average Bonchev–Trinajstić information content (AvgIpc) is 2.88. The standard InChI is InChI=1S/C17H17ClN4OS/c1-10-6-5-7-11(18)13(10)21-16(23)14-15(19)22(2)17(24-14)12-8-3-4-9-20-12/h3-9,17H,19H2,1-2H3,(H,21,23). The van der Waals surface area contributed by atoms with Gasteiger partial charge < -0.3 is 16.0 Å². The van der Waals surface area contributed by atoms with Crippen molar-refractivity contribution in [2.45, 2.75) is 12.3 Å². The third kappa shape index (κ3) is 3.07. The second kappa shape index (κ2) is 6.75. The number of amides is 1. The van der Waals surface area contributed by atoms with Gasteiger partial charge >= 0.3 is 0 Å². The molecule has 1 unspecified atom stereocenters. The molecule has 5 nitrogen and oxygen atoms in total. The molecule has 7 heteroatoms. The Morgan fingerprint density at radius 2 is 2.12 bits per heavy atom. The van der Waals surface area contributed by atoms with Crippen LogP contribution in [0, 0.1) is 6.92 Å². The SMILES string of the molecule is Cc1cccc(Cl)c1NC(=O)C1=C(N)N(C)C(c2ccccn2)S1. The fraction of sp³-hybridized carbons (Fsp3) is 0.176. The zero-order chi connectivity index (χ0) is 17.3. The monoisotopic (exact) mass is 360 g/mol. The summed E-state index contributed by atoms with van der Waals surface area (Å²) in [6.07, 6.45) is 1.73. The molecule has 1 aliphatic heterocycles. The van der Waals surface area contributed by atoms with Crippen molar-refractivity contribution in [2.24, 2.45) is 5.73 Å². The maximum atomic E-state index is 12.7. The maximum absolute atomic E-state index is 12.7. The number of para-hydroxylation sites is 1. The second-order valence-electron chi connectivity index (χ2n) is 5.44. The van der Waals surface area contributed by atoms with Crippen LogP contribution >= 0.6 is 23.4 Å². The number of nitrogens with two attached hydrogens (primary N) is 1. The lowest BCUT2D eigenvalue weighted by Crippen LogP contribution is -2.24. The lowest BCUT2D eigenvalue weighted by atomic mass is 10.2. The maximum Gasteiger partial charge on any atom is 0.265 e. The molecule has 1 aromatic heterocycles. The van der Waals surface area contributed by atoms with Crippen LogP contribution in [0.5, 0.6) is 0 Å². The summed E-state index contributed by atoms with van der Waals surface area (Å²) in [6, 6.07) is 11.2. The van der Waals surface area contributed by atoms with Crippen LogP contribution in [0.15, 0.2) is 53.3 Å². The summed E-state index contributed by atoms with van der Waals surface area (Å²) in [5.74, 6) is 0.164. The van der Waals surface area contributed by atoms with E-state index in [2.05, 4.69) is 10.3 Å². The van der Waals surface area contributed by atoms with Gasteiger partial charge in [-0.2, -0.15) is 0 Å². The third-order valence-corrected chi connectivity index (χ3v) is 5.53. The highest BCUT2D eigenvalue weighted by Gasteiger charge is 2.34. The van der Waals surface area contributed by atoms with Crippen molar-refractivity contribution in [2.75, 3.05) is 12.4 Å². The number of carbonyl (C=O) groups is 1. The van der Waals surface area contributed by atoms with Crippen LogP contribution in [-0.4, -0.2) is 22.8 Å². The molecule has 1 amide bonds. The molecular weight excluding hydrogens is 344 g/mol. The van der Waals surface area contributed by atoms with Gasteiger partial charge in [0.2, 0.25) is 0 Å². The van der Waals surface area contributed by atoms with E-state index < -0.39 is 0 Å². The summed E-state index contributed by atoms with van der Waals surface area (Å²) in [4.78, 5) is 19.3. The Bertz CT molecular complexity index is 789. The highest BCUT2D eigenvalue weighted by molar-refractivity contribution is 8.04. The zero-order valence-electron chi connectivity index (χ0n) is 13.3. The zero-order valence-corrected chi connectivity index (χ0v) is 14.9. The van der Waals surface area contributed by atoms with Crippen molar-refractivity contribution in [3.8, 4) is 0 Å². The first-order valence-corrected chi connectivity index (χ1v) is 8.61. The van der Waals surface area contributed by atoms with E-state index in [0.29, 0.717) is 21.4 Å². The van der Waals surface area contributed by atoms with E-state index in [9.17, 15) is 4.79 Å². The van der Waals surface area contributed by atoms with Crippen molar-refractivity contribution in [3.63, 3.8) is 0 Å². The summed E-state index contributed by atoms with van der Waals surface area (Å²) >= 11 is 7.56. The van der Waals surface area contributed by atoms with Crippen LogP contribution in [0.3, 0.4) is 0 Å². The molecule has 1 aromatic carbocycles. The molecule has 2 aromatic rings. The molecule has 0 spiro atoms. The number of nitrogens with zero attached hydrogens (tertiary/aromatic N) is 2. The molecule has 1 aliphatic rings. The molecule has 24 heavy (non-hydrogen) atoms. The van der Waals surface area contributed by atoms with Gasteiger partial charge in [0.1, 0.15) is 16.1 Å². The first-order chi connectivity index (χ1) is 11.5. The Balaban J connectivity index is 1.83. The van der Waals surface area contributed by atoms with Crippen LogP contribution in [-0.2, 0) is 4.79 Å². The molecule has 0 bridgehead atoms. The minimum Gasteiger partial charge on any atom is -0.384 e. The number of aromatic nitrogens is 1. The number of halogens is 1. The lowest BCUT2D eigenvalue weighted by Gasteiger charge is -2.21. The number of rotatable bonds is 3. The van der Waals surface area contributed by atoms with E-state index >= 15 is 0 Å². The summed E-state index contributed by atoms with van der Waals surface area (Å²) in [7, 11) is 1.85. The van der Waals surface area contributed by atoms with Crippen molar-refractivity contribution in [1.29, 1.82) is 0 Å². The van der Waals surface area contributed by atoms with Crippen LogP contribution in [0.25, 0.3) is 0 Å². The van der Waals surface area contributed by atoms with Crippen molar-refractivity contribution < 1.29 is 4.79 Å². The number of benzene rings is 1.